The van der Waals surface area contributed by atoms with Crippen molar-refractivity contribution in [1.82, 2.24) is 19.9 Å². The lowest BCUT2D eigenvalue weighted by Crippen LogP contribution is -2.25. The third kappa shape index (κ3) is 7.86. The molecule has 0 aliphatic carbocycles. The molecule has 2 aromatic heterocycles. The lowest BCUT2D eigenvalue weighted by atomic mass is 10.00. The van der Waals surface area contributed by atoms with Crippen LogP contribution in [0.3, 0.4) is 0 Å². The third-order valence-electron chi connectivity index (χ3n) is 7.13. The van der Waals surface area contributed by atoms with Crippen LogP contribution in [-0.4, -0.2) is 33.6 Å². The van der Waals surface area contributed by atoms with Crippen LogP contribution in [0.5, 0.6) is 0 Å². The van der Waals surface area contributed by atoms with Crippen molar-refractivity contribution in [1.29, 1.82) is 0 Å². The van der Waals surface area contributed by atoms with E-state index in [9.17, 15) is 4.79 Å². The minimum Gasteiger partial charge on any atom is -0.370 e. The fourth-order valence-electron chi connectivity index (χ4n) is 4.96. The zero-order valence-corrected chi connectivity index (χ0v) is 24.9. The summed E-state index contributed by atoms with van der Waals surface area (Å²) in [6, 6.07) is 13.1. The zero-order chi connectivity index (χ0) is 30.2. The van der Waals surface area contributed by atoms with Crippen molar-refractivity contribution < 1.29 is 4.39 Å². The van der Waals surface area contributed by atoms with Gasteiger partial charge in [0.05, 0.1) is 16.4 Å². The number of nitrogens with zero attached hydrogens (tertiary/aromatic N) is 3. The lowest BCUT2D eigenvalue weighted by Gasteiger charge is -2.18. The number of guanidine groups is 1. The molecule has 0 fully saturated rings. The summed E-state index contributed by atoms with van der Waals surface area (Å²) in [5.41, 5.74) is 14.3. The zero-order valence-electron chi connectivity index (χ0n) is 24.2. The number of aliphatic imine (C=N–C) groups is 1. The van der Waals surface area contributed by atoms with Crippen molar-refractivity contribution in [3.63, 3.8) is 0 Å². The Hall–Kier alpha value is -3.95. The van der Waals surface area contributed by atoms with Crippen LogP contribution in [0.25, 0.3) is 28.0 Å². The summed E-state index contributed by atoms with van der Waals surface area (Å²) in [6.07, 6.45) is 8.00. The van der Waals surface area contributed by atoms with E-state index >= 15 is 4.39 Å². The molecule has 6 N–H and O–H groups in total. The fourth-order valence-corrected chi connectivity index (χ4v) is 5.20. The van der Waals surface area contributed by atoms with Crippen molar-refractivity contribution in [3.05, 3.63) is 93.8 Å². The van der Waals surface area contributed by atoms with Gasteiger partial charge in [0.1, 0.15) is 5.65 Å². The number of nitrogens with two attached hydrogens (primary N) is 2. The molecule has 2 heterocycles. The molecule has 0 bridgehead atoms. The molecule has 1 atom stereocenters. The van der Waals surface area contributed by atoms with Gasteiger partial charge in [-0.15, -0.1) is 6.58 Å². The van der Waals surface area contributed by atoms with Gasteiger partial charge in [-0.3, -0.25) is 9.56 Å². The van der Waals surface area contributed by atoms with E-state index in [2.05, 4.69) is 40.7 Å². The lowest BCUT2D eigenvalue weighted by molar-refractivity contribution is 0.530. The minimum absolute atomic E-state index is 0.0585. The van der Waals surface area contributed by atoms with E-state index in [4.69, 9.17) is 23.1 Å². The predicted octanol–water partition coefficient (Wildman–Crippen LogP) is 6.02. The van der Waals surface area contributed by atoms with Gasteiger partial charge in [0.25, 0.3) is 0 Å². The van der Waals surface area contributed by atoms with Crippen LogP contribution in [0.1, 0.15) is 56.7 Å². The van der Waals surface area contributed by atoms with Gasteiger partial charge in [0.2, 0.25) is 0 Å². The van der Waals surface area contributed by atoms with E-state index in [-0.39, 0.29) is 17.0 Å². The quantitative estimate of drug-likeness (QED) is 0.0617. The summed E-state index contributed by atoms with van der Waals surface area (Å²) in [6.45, 7) is 9.53. The first-order valence-electron chi connectivity index (χ1n) is 14.3. The molecule has 4 aromatic rings. The minimum atomic E-state index is -0.499. The summed E-state index contributed by atoms with van der Waals surface area (Å²) in [7, 11) is 0. The van der Waals surface area contributed by atoms with Crippen molar-refractivity contribution >= 4 is 28.6 Å². The van der Waals surface area contributed by atoms with Gasteiger partial charge in [-0.05, 0) is 79.6 Å². The Morgan fingerprint density at radius 1 is 1.21 bits per heavy atom. The van der Waals surface area contributed by atoms with Gasteiger partial charge in [-0.1, -0.05) is 50.1 Å². The summed E-state index contributed by atoms with van der Waals surface area (Å²) < 4.78 is 16.6. The maximum atomic E-state index is 15.1. The van der Waals surface area contributed by atoms with Gasteiger partial charge < -0.3 is 21.8 Å². The number of nitrogens with one attached hydrogen (secondary N) is 2. The molecular formula is C32H39ClFN7O. The van der Waals surface area contributed by atoms with Crippen LogP contribution in [0.15, 0.2) is 71.1 Å². The van der Waals surface area contributed by atoms with Crippen molar-refractivity contribution in [2.45, 2.75) is 52.0 Å². The first-order valence-corrected chi connectivity index (χ1v) is 14.6. The second kappa shape index (κ2) is 14.3. The Kier molecular flexibility index (Phi) is 10.5. The summed E-state index contributed by atoms with van der Waals surface area (Å²) in [5, 5.41) is 4.27. The number of aromatic amines is 1. The normalized spacial score (nSPS) is 12.1. The van der Waals surface area contributed by atoms with Crippen LogP contribution >= 0.6 is 11.6 Å². The first kappa shape index (κ1) is 31.0. The largest absolute Gasteiger partial charge is 0.370 e. The molecule has 0 radical (unpaired) electrons. The Bertz CT molecular complexity index is 1600. The van der Waals surface area contributed by atoms with Crippen molar-refractivity contribution in [2.24, 2.45) is 22.4 Å². The summed E-state index contributed by atoms with van der Waals surface area (Å²) in [4.78, 5) is 24.3. The smallest absolute Gasteiger partial charge is 0.354 e. The highest BCUT2D eigenvalue weighted by atomic mass is 35.5. The Labute approximate surface area is 250 Å². The molecule has 0 saturated heterocycles. The maximum absolute atomic E-state index is 15.1. The van der Waals surface area contributed by atoms with E-state index in [1.807, 2.05) is 36.4 Å². The molecule has 0 spiro atoms. The molecule has 0 aliphatic heterocycles. The Morgan fingerprint density at radius 2 is 1.98 bits per heavy atom. The van der Waals surface area contributed by atoms with Crippen molar-refractivity contribution in [3.8, 4) is 16.9 Å². The van der Waals surface area contributed by atoms with E-state index in [0.717, 1.165) is 49.8 Å². The van der Waals surface area contributed by atoms with Gasteiger partial charge in [0.15, 0.2) is 11.8 Å². The molecule has 42 heavy (non-hydrogen) atoms. The molecule has 0 amide bonds. The number of hydrogen-bond donors (Lipinski definition) is 4. The van der Waals surface area contributed by atoms with Crippen LogP contribution in [0.2, 0.25) is 5.02 Å². The number of hydrogen-bond acceptors (Lipinski definition) is 4. The molecular weight excluding hydrogens is 553 g/mol. The molecule has 2 aromatic carbocycles. The number of rotatable bonds is 14. The van der Waals surface area contributed by atoms with Crippen LogP contribution in [0.4, 0.5) is 4.39 Å². The van der Waals surface area contributed by atoms with Crippen LogP contribution in [-0.2, 0) is 6.42 Å². The molecule has 0 unspecified atom stereocenters. The monoisotopic (exact) mass is 591 g/mol. The number of aromatic nitrogens is 3. The molecule has 4 rings (SSSR count). The fraction of sp³-hybridized carbons (Fsp3) is 0.344. The average Bonchev–Trinajstić information content (AvgIpc) is 3.36. The molecule has 0 saturated carbocycles. The summed E-state index contributed by atoms with van der Waals surface area (Å²) >= 11 is 6.26. The Morgan fingerprint density at radius 3 is 2.67 bits per heavy atom. The Balaban J connectivity index is 1.56. The van der Waals surface area contributed by atoms with E-state index in [1.54, 1.807) is 18.3 Å². The standard InChI is InChI=1S/C32H39ClFN7O/c1-4-7-27(37-14-6-15-38-31(35)36)22-10-12-24(13-11-22)41-19-23-18-28(39-30(23)40-32(41)42)25-16-21(9-5-8-20(2)3)17-26(33)29(25)34/h4,10-13,16-20,27,37H,1,5-9,14-15H2,2-3H3,(H4,35,36,38)(H,39,40,42)/t27-/m0/s1. The molecule has 0 aliphatic rings. The number of aryl methyl sites for hydroxylation is 1. The van der Waals surface area contributed by atoms with Gasteiger partial charge in [-0.25, -0.2) is 9.18 Å². The number of halogens is 2. The number of H-pyrrole nitrogens is 1. The summed E-state index contributed by atoms with van der Waals surface area (Å²) in [5.74, 6) is 0.188. The highest BCUT2D eigenvalue weighted by molar-refractivity contribution is 6.31. The second-order valence-electron chi connectivity index (χ2n) is 10.9. The predicted molar refractivity (Wildman–Crippen MR) is 171 cm³/mol. The highest BCUT2D eigenvalue weighted by Gasteiger charge is 2.16. The van der Waals surface area contributed by atoms with Gasteiger partial charge in [0, 0.05) is 29.7 Å². The molecule has 222 valence electrons. The van der Waals surface area contributed by atoms with E-state index in [0.29, 0.717) is 40.4 Å². The molecule has 10 heteroatoms. The average molecular weight is 592 g/mol. The maximum Gasteiger partial charge on any atom is 0.354 e. The number of fused-ring (bicyclic) bond motifs is 1. The number of benzene rings is 2. The van der Waals surface area contributed by atoms with Gasteiger partial charge >= 0.3 is 5.69 Å². The van der Waals surface area contributed by atoms with E-state index in [1.165, 1.54) is 4.57 Å². The highest BCUT2D eigenvalue weighted by Crippen LogP contribution is 2.31. The van der Waals surface area contributed by atoms with E-state index < -0.39 is 11.5 Å². The SMILES string of the molecule is C=CC[C@H](NCCCN=C(N)N)c1ccc(-n2cc3cc(-c4cc(CCCC(C)C)cc(Cl)c4F)[nH]c3nc2=O)cc1. The van der Waals surface area contributed by atoms with Gasteiger partial charge in [-0.2, -0.15) is 4.98 Å². The second-order valence-corrected chi connectivity index (χ2v) is 11.3. The third-order valence-corrected chi connectivity index (χ3v) is 7.40. The first-order chi connectivity index (χ1) is 20.2. The van der Waals surface area contributed by atoms with Crippen LogP contribution < -0.4 is 22.5 Å². The van der Waals surface area contributed by atoms with Crippen LogP contribution in [0, 0.1) is 11.7 Å². The molecule has 8 nitrogen and oxygen atoms in total. The topological polar surface area (TPSA) is 127 Å². The van der Waals surface area contributed by atoms with Crippen molar-refractivity contribution in [2.75, 3.05) is 13.1 Å².